The fraction of sp³-hybridized carbons (Fsp3) is 1.00. The van der Waals surface area contributed by atoms with Crippen molar-refractivity contribution in [1.82, 2.24) is 0 Å². The van der Waals surface area contributed by atoms with E-state index < -0.39 is 0 Å². The fourth-order valence-electron chi connectivity index (χ4n) is 1.88. The third-order valence-corrected chi connectivity index (χ3v) is 2.92. The highest BCUT2D eigenvalue weighted by atomic mass is 16.5. The van der Waals surface area contributed by atoms with Gasteiger partial charge < -0.3 is 10.5 Å². The molecule has 11 heavy (non-hydrogen) atoms. The number of rotatable bonds is 2. The predicted octanol–water partition coefficient (Wildman–Crippen LogP) is 1.44. The van der Waals surface area contributed by atoms with Gasteiger partial charge in [-0.15, -0.1) is 0 Å². The minimum absolute atomic E-state index is 0.329. The summed E-state index contributed by atoms with van der Waals surface area (Å²) in [7, 11) is 0. The van der Waals surface area contributed by atoms with Crippen molar-refractivity contribution >= 4 is 0 Å². The van der Waals surface area contributed by atoms with Gasteiger partial charge in [-0.1, -0.05) is 0 Å². The smallest absolute Gasteiger partial charge is 0.0729 e. The SMILES string of the molecule is NC1CCCC1OC1CCC1. The molecule has 2 rings (SSSR count). The van der Waals surface area contributed by atoms with Gasteiger partial charge in [0.05, 0.1) is 12.2 Å². The minimum Gasteiger partial charge on any atom is -0.373 e. The summed E-state index contributed by atoms with van der Waals surface area (Å²) in [5, 5.41) is 0. The van der Waals surface area contributed by atoms with Crippen molar-refractivity contribution in [2.75, 3.05) is 0 Å². The van der Waals surface area contributed by atoms with Gasteiger partial charge >= 0.3 is 0 Å². The van der Waals surface area contributed by atoms with Crippen LogP contribution in [0.5, 0.6) is 0 Å². The molecule has 0 aromatic heterocycles. The van der Waals surface area contributed by atoms with E-state index in [1.807, 2.05) is 0 Å². The largest absolute Gasteiger partial charge is 0.373 e. The van der Waals surface area contributed by atoms with Crippen LogP contribution in [0.25, 0.3) is 0 Å². The Kier molecular flexibility index (Phi) is 2.14. The van der Waals surface area contributed by atoms with Gasteiger partial charge in [0.25, 0.3) is 0 Å². The average Bonchev–Trinajstić information content (AvgIpc) is 2.27. The van der Waals surface area contributed by atoms with Crippen LogP contribution in [-0.4, -0.2) is 18.2 Å². The molecule has 2 atom stereocenters. The van der Waals surface area contributed by atoms with Gasteiger partial charge in [-0.25, -0.2) is 0 Å². The molecule has 0 aliphatic heterocycles. The first-order chi connectivity index (χ1) is 5.36. The van der Waals surface area contributed by atoms with Gasteiger partial charge in [-0.2, -0.15) is 0 Å². The third-order valence-electron chi connectivity index (χ3n) is 2.92. The summed E-state index contributed by atoms with van der Waals surface area (Å²) in [6, 6.07) is 0.329. The first-order valence-electron chi connectivity index (χ1n) is 4.77. The van der Waals surface area contributed by atoms with Gasteiger partial charge in [0.2, 0.25) is 0 Å². The number of ether oxygens (including phenoxy) is 1. The first kappa shape index (κ1) is 7.56. The summed E-state index contributed by atoms with van der Waals surface area (Å²) < 4.78 is 5.83. The van der Waals surface area contributed by atoms with Gasteiger partial charge in [-0.05, 0) is 38.5 Å². The predicted molar refractivity (Wildman–Crippen MR) is 44.3 cm³/mol. The monoisotopic (exact) mass is 155 g/mol. The van der Waals surface area contributed by atoms with Crippen LogP contribution in [0.15, 0.2) is 0 Å². The highest BCUT2D eigenvalue weighted by molar-refractivity contribution is 4.83. The zero-order valence-corrected chi connectivity index (χ0v) is 6.96. The zero-order chi connectivity index (χ0) is 7.68. The lowest BCUT2D eigenvalue weighted by atomic mass is 9.96. The maximum atomic E-state index is 5.88. The van der Waals surface area contributed by atoms with Crippen molar-refractivity contribution in [1.29, 1.82) is 0 Å². The number of hydrogen-bond acceptors (Lipinski definition) is 2. The lowest BCUT2D eigenvalue weighted by Crippen LogP contribution is -2.36. The van der Waals surface area contributed by atoms with Crippen LogP contribution < -0.4 is 5.73 Å². The van der Waals surface area contributed by atoms with Gasteiger partial charge in [-0.3, -0.25) is 0 Å². The van der Waals surface area contributed by atoms with E-state index in [1.165, 1.54) is 32.1 Å². The Morgan fingerprint density at radius 3 is 2.18 bits per heavy atom. The van der Waals surface area contributed by atoms with Gasteiger partial charge in [0, 0.05) is 6.04 Å². The van der Waals surface area contributed by atoms with Crippen LogP contribution in [0, 0.1) is 0 Å². The Balaban J connectivity index is 1.75. The van der Waals surface area contributed by atoms with Crippen LogP contribution in [0.3, 0.4) is 0 Å². The highest BCUT2D eigenvalue weighted by Crippen LogP contribution is 2.28. The summed E-state index contributed by atoms with van der Waals surface area (Å²) >= 11 is 0. The quantitative estimate of drug-likeness (QED) is 0.654. The second kappa shape index (κ2) is 3.11. The summed E-state index contributed by atoms with van der Waals surface area (Å²) in [5.74, 6) is 0. The lowest BCUT2D eigenvalue weighted by Gasteiger charge is -2.30. The molecule has 0 saturated heterocycles. The van der Waals surface area contributed by atoms with Crippen molar-refractivity contribution < 1.29 is 4.74 Å². The van der Waals surface area contributed by atoms with E-state index in [9.17, 15) is 0 Å². The Hall–Kier alpha value is -0.0800. The normalized spacial score (nSPS) is 39.0. The van der Waals surface area contributed by atoms with Crippen molar-refractivity contribution in [3.05, 3.63) is 0 Å². The molecule has 64 valence electrons. The molecule has 2 saturated carbocycles. The molecule has 2 fully saturated rings. The molecule has 0 spiro atoms. The molecule has 0 radical (unpaired) electrons. The highest BCUT2D eigenvalue weighted by Gasteiger charge is 2.29. The molecule has 2 heteroatoms. The van der Waals surface area contributed by atoms with Crippen molar-refractivity contribution in [2.45, 2.75) is 56.8 Å². The van der Waals surface area contributed by atoms with E-state index >= 15 is 0 Å². The van der Waals surface area contributed by atoms with E-state index in [0.717, 1.165) is 6.42 Å². The second-order valence-electron chi connectivity index (χ2n) is 3.82. The van der Waals surface area contributed by atoms with Crippen LogP contribution >= 0.6 is 0 Å². The van der Waals surface area contributed by atoms with Crippen LogP contribution in [0.4, 0.5) is 0 Å². The van der Waals surface area contributed by atoms with E-state index in [0.29, 0.717) is 18.2 Å². The molecule has 0 bridgehead atoms. The maximum absolute atomic E-state index is 5.88. The minimum atomic E-state index is 0.329. The van der Waals surface area contributed by atoms with Crippen LogP contribution in [0.2, 0.25) is 0 Å². The molecule has 0 aromatic rings. The standard InChI is InChI=1S/C9H17NO/c10-8-5-2-6-9(8)11-7-3-1-4-7/h7-9H,1-6,10H2. The lowest BCUT2D eigenvalue weighted by molar-refractivity contribution is -0.0534. The Morgan fingerprint density at radius 2 is 1.73 bits per heavy atom. The molecule has 2 aliphatic carbocycles. The molecular formula is C9H17NO. The van der Waals surface area contributed by atoms with Crippen molar-refractivity contribution in [2.24, 2.45) is 5.73 Å². The Labute approximate surface area is 68.1 Å². The number of hydrogen-bond donors (Lipinski definition) is 1. The number of nitrogens with two attached hydrogens (primary N) is 1. The molecule has 0 amide bonds. The van der Waals surface area contributed by atoms with E-state index in [4.69, 9.17) is 10.5 Å². The van der Waals surface area contributed by atoms with Crippen molar-refractivity contribution in [3.63, 3.8) is 0 Å². The first-order valence-corrected chi connectivity index (χ1v) is 4.77. The van der Waals surface area contributed by atoms with Crippen LogP contribution in [0.1, 0.15) is 38.5 Å². The second-order valence-corrected chi connectivity index (χ2v) is 3.82. The molecule has 2 aliphatic rings. The van der Waals surface area contributed by atoms with E-state index in [1.54, 1.807) is 0 Å². The molecule has 0 heterocycles. The average molecular weight is 155 g/mol. The topological polar surface area (TPSA) is 35.2 Å². The Morgan fingerprint density at radius 1 is 1.00 bits per heavy atom. The Bertz CT molecular complexity index is 134. The molecular weight excluding hydrogens is 138 g/mol. The molecule has 2 nitrogen and oxygen atoms in total. The molecule has 2 N–H and O–H groups in total. The summed E-state index contributed by atoms with van der Waals surface area (Å²) in [6.07, 6.45) is 8.46. The third kappa shape index (κ3) is 1.57. The van der Waals surface area contributed by atoms with E-state index in [2.05, 4.69) is 0 Å². The van der Waals surface area contributed by atoms with Gasteiger partial charge in [0.15, 0.2) is 0 Å². The molecule has 2 unspecified atom stereocenters. The zero-order valence-electron chi connectivity index (χ0n) is 6.96. The molecule has 0 aromatic carbocycles. The van der Waals surface area contributed by atoms with Crippen LogP contribution in [-0.2, 0) is 4.74 Å². The summed E-state index contributed by atoms with van der Waals surface area (Å²) in [6.45, 7) is 0. The fourth-order valence-corrected chi connectivity index (χ4v) is 1.88. The van der Waals surface area contributed by atoms with E-state index in [-0.39, 0.29) is 0 Å². The maximum Gasteiger partial charge on any atom is 0.0729 e. The summed E-state index contributed by atoms with van der Waals surface area (Å²) in [5.41, 5.74) is 5.88. The van der Waals surface area contributed by atoms with Crippen molar-refractivity contribution in [3.8, 4) is 0 Å². The van der Waals surface area contributed by atoms with Gasteiger partial charge in [0.1, 0.15) is 0 Å². The summed E-state index contributed by atoms with van der Waals surface area (Å²) in [4.78, 5) is 0.